The van der Waals surface area contributed by atoms with Gasteiger partial charge in [-0.25, -0.2) is 0 Å². The molecule has 1 aliphatic heterocycles. The van der Waals surface area contributed by atoms with Gasteiger partial charge in [0.15, 0.2) is 16.8 Å². The van der Waals surface area contributed by atoms with Crippen molar-refractivity contribution in [1.29, 1.82) is 0 Å². The van der Waals surface area contributed by atoms with Crippen LogP contribution in [0.15, 0.2) is 39.5 Å². The maximum absolute atomic E-state index is 12.8. The first-order chi connectivity index (χ1) is 15.1. The number of ether oxygens (including phenoxy) is 1. The highest BCUT2D eigenvalue weighted by molar-refractivity contribution is 5.93. The molecule has 1 saturated heterocycles. The van der Waals surface area contributed by atoms with Crippen LogP contribution in [0.5, 0.6) is 23.0 Å². The Kier molecular flexibility index (Phi) is 5.44. The van der Waals surface area contributed by atoms with Crippen LogP contribution in [0.3, 0.4) is 0 Å². The molecule has 1 fully saturated rings. The molecular weight excluding hydrogens is 428 g/mol. The summed E-state index contributed by atoms with van der Waals surface area (Å²) in [5.41, 5.74) is -1.63. The third-order valence-corrected chi connectivity index (χ3v) is 5.46. The highest BCUT2D eigenvalue weighted by atomic mass is 16.5. The summed E-state index contributed by atoms with van der Waals surface area (Å²) in [6.07, 6.45) is -8.47. The van der Waals surface area contributed by atoms with Crippen LogP contribution in [-0.2, 0) is 4.74 Å². The fourth-order valence-electron chi connectivity index (χ4n) is 3.74. The average Bonchev–Trinajstić information content (AvgIpc) is 2.77. The van der Waals surface area contributed by atoms with E-state index in [-0.39, 0.29) is 11.5 Å². The van der Waals surface area contributed by atoms with Gasteiger partial charge in [0.25, 0.3) is 0 Å². The number of aromatic hydroxyl groups is 4. The predicted octanol–water partition coefficient (Wildman–Crippen LogP) is -0.203. The van der Waals surface area contributed by atoms with Crippen LogP contribution in [-0.4, -0.2) is 71.9 Å². The van der Waals surface area contributed by atoms with Gasteiger partial charge in [-0.2, -0.15) is 0 Å². The second kappa shape index (κ2) is 7.97. The number of benzene rings is 2. The summed E-state index contributed by atoms with van der Waals surface area (Å²) in [4.78, 5) is 12.8. The van der Waals surface area contributed by atoms with E-state index in [1.54, 1.807) is 0 Å². The molecule has 1 aromatic heterocycles. The molecule has 2 heterocycles. The van der Waals surface area contributed by atoms with Gasteiger partial charge in [0.05, 0.1) is 12.2 Å². The Hall–Kier alpha value is -3.35. The smallest absolute Gasteiger partial charge is 0.202 e. The fraction of sp³-hybridized carbons (Fsp3) is 0.286. The van der Waals surface area contributed by atoms with Crippen molar-refractivity contribution in [3.05, 3.63) is 46.1 Å². The Balaban J connectivity index is 1.91. The van der Waals surface area contributed by atoms with Crippen molar-refractivity contribution in [3.63, 3.8) is 0 Å². The largest absolute Gasteiger partial charge is 0.508 e. The lowest BCUT2D eigenvalue weighted by Crippen LogP contribution is -2.55. The molecule has 1 aliphatic rings. The minimum absolute atomic E-state index is 0.0285. The zero-order valence-corrected chi connectivity index (χ0v) is 16.3. The fourth-order valence-corrected chi connectivity index (χ4v) is 3.74. The molecule has 2 unspecified atom stereocenters. The van der Waals surface area contributed by atoms with Gasteiger partial charge in [0.2, 0.25) is 5.75 Å². The number of fused-ring (bicyclic) bond motifs is 1. The molecule has 8 N–H and O–H groups in total. The lowest BCUT2D eigenvalue weighted by atomic mass is 9.89. The monoisotopic (exact) mass is 448 g/mol. The van der Waals surface area contributed by atoms with E-state index in [4.69, 9.17) is 9.15 Å². The summed E-state index contributed by atoms with van der Waals surface area (Å²) in [6.45, 7) is -0.763. The molecule has 2 aromatic carbocycles. The van der Waals surface area contributed by atoms with Gasteiger partial charge in [0, 0.05) is 11.6 Å². The first kappa shape index (κ1) is 21.9. The van der Waals surface area contributed by atoms with E-state index in [0.29, 0.717) is 5.56 Å². The summed E-state index contributed by atoms with van der Waals surface area (Å²) < 4.78 is 10.9. The first-order valence-electron chi connectivity index (χ1n) is 9.50. The third kappa shape index (κ3) is 3.32. The van der Waals surface area contributed by atoms with Gasteiger partial charge in [-0.1, -0.05) is 0 Å². The molecule has 0 aliphatic carbocycles. The van der Waals surface area contributed by atoms with Crippen LogP contribution in [0, 0.1) is 0 Å². The second-order valence-corrected chi connectivity index (χ2v) is 7.43. The first-order valence-corrected chi connectivity index (χ1v) is 9.50. The summed E-state index contributed by atoms with van der Waals surface area (Å²) >= 11 is 0. The summed E-state index contributed by atoms with van der Waals surface area (Å²) in [6, 6.07) is 6.59. The molecule has 0 bridgehead atoms. The standard InChI is InChI=1S/C21H20O11/c22-6-11-14(25)17(28)19(30)21(32-11)13-15(26)12-9(24)5-10(7-1-3-8(23)4-2-7)31-20(12)18(29)16(13)27/h1-5,11,14,17,19,21-23,25-30H,6H2/t11?,14-,17-,19?,21-/m0/s1. The molecule has 0 radical (unpaired) electrons. The summed E-state index contributed by atoms with van der Waals surface area (Å²) in [5.74, 6) is -2.88. The average molecular weight is 448 g/mol. The van der Waals surface area contributed by atoms with Crippen molar-refractivity contribution in [2.75, 3.05) is 6.61 Å². The number of hydrogen-bond donors (Lipinski definition) is 8. The predicted molar refractivity (Wildman–Crippen MR) is 107 cm³/mol. The highest BCUT2D eigenvalue weighted by Gasteiger charge is 2.46. The van der Waals surface area contributed by atoms with Crippen molar-refractivity contribution < 1.29 is 50.0 Å². The Morgan fingerprint density at radius 2 is 1.50 bits per heavy atom. The van der Waals surface area contributed by atoms with E-state index in [0.717, 1.165) is 6.07 Å². The van der Waals surface area contributed by atoms with E-state index < -0.39 is 76.3 Å². The lowest BCUT2D eigenvalue weighted by molar-refractivity contribution is -0.232. The van der Waals surface area contributed by atoms with Crippen molar-refractivity contribution >= 4 is 11.0 Å². The van der Waals surface area contributed by atoms with E-state index in [9.17, 15) is 45.6 Å². The van der Waals surface area contributed by atoms with Crippen LogP contribution >= 0.6 is 0 Å². The van der Waals surface area contributed by atoms with Gasteiger partial charge in [0.1, 0.15) is 53.2 Å². The maximum atomic E-state index is 12.8. The SMILES string of the molecule is O=c1cc(-c2ccc(O)cc2)oc2c(O)c(O)c([C@@H]3OC(CO)[C@H](O)[C@H](O)C3O)c(O)c12. The number of rotatable bonds is 3. The number of phenols is 4. The Morgan fingerprint density at radius 3 is 2.12 bits per heavy atom. The maximum Gasteiger partial charge on any atom is 0.202 e. The Labute approximate surface area is 179 Å². The van der Waals surface area contributed by atoms with Crippen LogP contribution in [0.1, 0.15) is 11.7 Å². The molecule has 170 valence electrons. The molecule has 11 nitrogen and oxygen atoms in total. The number of aliphatic hydroxyl groups is 4. The molecular formula is C21H20O11. The topological polar surface area (TPSA) is 201 Å². The van der Waals surface area contributed by atoms with Crippen LogP contribution in [0.2, 0.25) is 0 Å². The number of hydrogen-bond acceptors (Lipinski definition) is 11. The van der Waals surface area contributed by atoms with E-state index >= 15 is 0 Å². The van der Waals surface area contributed by atoms with E-state index in [1.165, 1.54) is 24.3 Å². The van der Waals surface area contributed by atoms with Gasteiger partial charge >= 0.3 is 0 Å². The van der Waals surface area contributed by atoms with E-state index in [1.807, 2.05) is 0 Å². The molecule has 0 saturated carbocycles. The van der Waals surface area contributed by atoms with Crippen molar-refractivity contribution in [1.82, 2.24) is 0 Å². The van der Waals surface area contributed by atoms with Crippen LogP contribution < -0.4 is 5.43 Å². The minimum Gasteiger partial charge on any atom is -0.508 e. The molecule has 0 spiro atoms. The zero-order chi connectivity index (χ0) is 23.3. The Bertz CT molecular complexity index is 1220. The van der Waals surface area contributed by atoms with Crippen molar-refractivity contribution in [2.24, 2.45) is 0 Å². The minimum atomic E-state index is -1.88. The zero-order valence-electron chi connectivity index (χ0n) is 16.3. The summed E-state index contributed by atoms with van der Waals surface area (Å²) in [7, 11) is 0. The molecule has 5 atom stereocenters. The van der Waals surface area contributed by atoms with Gasteiger partial charge in [-0.3, -0.25) is 4.79 Å². The van der Waals surface area contributed by atoms with Crippen molar-refractivity contribution in [3.8, 4) is 34.3 Å². The van der Waals surface area contributed by atoms with E-state index in [2.05, 4.69) is 0 Å². The lowest BCUT2D eigenvalue weighted by Gasteiger charge is -2.40. The molecule has 11 heteroatoms. The summed E-state index contributed by atoms with van der Waals surface area (Å²) in [5, 5.41) is 80.4. The van der Waals surface area contributed by atoms with Crippen molar-refractivity contribution in [2.45, 2.75) is 30.5 Å². The molecule has 3 aromatic rings. The van der Waals surface area contributed by atoms with Gasteiger partial charge in [-0.05, 0) is 24.3 Å². The van der Waals surface area contributed by atoms with Gasteiger partial charge in [-0.15, -0.1) is 0 Å². The molecule has 0 amide bonds. The molecule has 4 rings (SSSR count). The Morgan fingerprint density at radius 1 is 0.844 bits per heavy atom. The second-order valence-electron chi connectivity index (χ2n) is 7.43. The highest BCUT2D eigenvalue weighted by Crippen LogP contribution is 2.49. The molecule has 32 heavy (non-hydrogen) atoms. The van der Waals surface area contributed by atoms with Gasteiger partial charge < -0.3 is 50.0 Å². The number of phenolic OH excluding ortho intramolecular Hbond substituents is 4. The van der Waals surface area contributed by atoms with Crippen LogP contribution in [0.4, 0.5) is 0 Å². The van der Waals surface area contributed by atoms with Crippen LogP contribution in [0.25, 0.3) is 22.3 Å². The normalized spacial score (nSPS) is 25.8. The number of aliphatic hydroxyl groups excluding tert-OH is 4. The third-order valence-electron chi connectivity index (χ3n) is 5.46. The quantitative estimate of drug-likeness (QED) is 0.195.